The second-order valence-corrected chi connectivity index (χ2v) is 4.02. The Morgan fingerprint density at radius 1 is 1.47 bits per heavy atom. The molecule has 0 radical (unpaired) electrons. The average molecular weight is 232 g/mol. The molecule has 1 heterocycles. The lowest BCUT2D eigenvalue weighted by molar-refractivity contribution is -0.115. The molecule has 0 aromatic heterocycles. The smallest absolute Gasteiger partial charge is 0.228 e. The van der Waals surface area contributed by atoms with E-state index in [9.17, 15) is 15.0 Å². The van der Waals surface area contributed by atoms with Crippen LogP contribution < -0.4 is 5.32 Å². The third kappa shape index (κ3) is 2.28. The number of carbonyl (C=O) groups excluding carboxylic acids is 1. The lowest BCUT2D eigenvalue weighted by atomic mass is 9.99. The van der Waals surface area contributed by atoms with Crippen molar-refractivity contribution in [1.82, 2.24) is 0 Å². The van der Waals surface area contributed by atoms with Crippen molar-refractivity contribution >= 4 is 11.6 Å². The molecular formula is C12H12N2O3. The number of carbonyl (C=O) groups is 1. The van der Waals surface area contributed by atoms with Crippen molar-refractivity contribution in [2.45, 2.75) is 25.0 Å². The lowest BCUT2D eigenvalue weighted by Crippen LogP contribution is -2.17. The normalized spacial score (nSPS) is 16.9. The first kappa shape index (κ1) is 11.6. The Bertz CT molecular complexity index is 493. The number of benzene rings is 1. The molecule has 1 aromatic carbocycles. The summed E-state index contributed by atoms with van der Waals surface area (Å²) in [6.07, 6.45) is -2.06. The third-order valence-corrected chi connectivity index (χ3v) is 2.76. The number of nitrogens with one attached hydrogen (secondary N) is 1. The Balaban J connectivity index is 2.21. The zero-order valence-corrected chi connectivity index (χ0v) is 9.05. The SMILES string of the molecule is N#CCC(O)C(O)c1ccc2c(c1)CC(=O)N2. The van der Waals surface area contributed by atoms with E-state index in [1.807, 2.05) is 0 Å². The minimum absolute atomic E-state index is 0.0794. The number of hydrogen-bond donors (Lipinski definition) is 3. The van der Waals surface area contributed by atoms with Gasteiger partial charge in [0, 0.05) is 5.69 Å². The van der Waals surface area contributed by atoms with Crippen LogP contribution in [0.1, 0.15) is 23.7 Å². The molecule has 0 saturated carbocycles. The predicted molar refractivity (Wildman–Crippen MR) is 60.0 cm³/mol. The van der Waals surface area contributed by atoms with Crippen LogP contribution in [0, 0.1) is 11.3 Å². The maximum absolute atomic E-state index is 11.2. The van der Waals surface area contributed by atoms with Crippen LogP contribution in [0.3, 0.4) is 0 Å². The number of hydrogen-bond acceptors (Lipinski definition) is 4. The molecule has 5 heteroatoms. The highest BCUT2D eigenvalue weighted by molar-refractivity contribution is 5.99. The van der Waals surface area contributed by atoms with Crippen molar-refractivity contribution in [3.8, 4) is 6.07 Å². The van der Waals surface area contributed by atoms with Crippen molar-refractivity contribution in [2.75, 3.05) is 5.32 Å². The quantitative estimate of drug-likeness (QED) is 0.707. The highest BCUT2D eigenvalue weighted by atomic mass is 16.3. The fourth-order valence-electron chi connectivity index (χ4n) is 1.86. The Labute approximate surface area is 98.3 Å². The lowest BCUT2D eigenvalue weighted by Gasteiger charge is -2.16. The van der Waals surface area contributed by atoms with Crippen molar-refractivity contribution in [3.63, 3.8) is 0 Å². The molecule has 2 atom stereocenters. The van der Waals surface area contributed by atoms with E-state index in [4.69, 9.17) is 5.26 Å². The van der Waals surface area contributed by atoms with Crippen LogP contribution in [0.5, 0.6) is 0 Å². The van der Waals surface area contributed by atoms with E-state index in [2.05, 4.69) is 5.32 Å². The summed E-state index contributed by atoms with van der Waals surface area (Å²) < 4.78 is 0. The Morgan fingerprint density at radius 3 is 2.94 bits per heavy atom. The van der Waals surface area contributed by atoms with Gasteiger partial charge in [0.1, 0.15) is 6.10 Å². The number of fused-ring (bicyclic) bond motifs is 1. The fourth-order valence-corrected chi connectivity index (χ4v) is 1.86. The molecule has 1 aliphatic heterocycles. The largest absolute Gasteiger partial charge is 0.389 e. The first-order chi connectivity index (χ1) is 8.11. The molecule has 88 valence electrons. The van der Waals surface area contributed by atoms with Gasteiger partial charge in [0.15, 0.2) is 0 Å². The molecule has 5 nitrogen and oxygen atoms in total. The summed E-state index contributed by atoms with van der Waals surface area (Å²) in [4.78, 5) is 11.2. The fraction of sp³-hybridized carbons (Fsp3) is 0.333. The van der Waals surface area contributed by atoms with Crippen LogP contribution in [0.2, 0.25) is 0 Å². The minimum atomic E-state index is -1.11. The molecule has 1 aliphatic rings. The molecule has 2 rings (SSSR count). The summed E-state index contributed by atoms with van der Waals surface area (Å²) in [6.45, 7) is 0. The molecule has 1 aromatic rings. The van der Waals surface area contributed by atoms with Gasteiger partial charge in [0.25, 0.3) is 0 Å². The molecule has 2 unspecified atom stereocenters. The van der Waals surface area contributed by atoms with Crippen molar-refractivity contribution in [3.05, 3.63) is 29.3 Å². The summed E-state index contributed by atoms with van der Waals surface area (Å²) >= 11 is 0. The summed E-state index contributed by atoms with van der Waals surface area (Å²) in [6, 6.07) is 6.81. The van der Waals surface area contributed by atoms with Crippen LogP contribution in [0.15, 0.2) is 18.2 Å². The number of amides is 1. The molecule has 0 aliphatic carbocycles. The van der Waals surface area contributed by atoms with E-state index in [1.165, 1.54) is 0 Å². The van der Waals surface area contributed by atoms with E-state index in [1.54, 1.807) is 24.3 Å². The first-order valence-electron chi connectivity index (χ1n) is 5.27. The predicted octanol–water partition coefficient (Wildman–Crippen LogP) is 0.489. The minimum Gasteiger partial charge on any atom is -0.389 e. The van der Waals surface area contributed by atoms with E-state index in [0.29, 0.717) is 5.56 Å². The van der Waals surface area contributed by atoms with Crippen molar-refractivity contribution in [2.24, 2.45) is 0 Å². The average Bonchev–Trinajstić information content (AvgIpc) is 2.67. The molecular weight excluding hydrogens is 220 g/mol. The molecule has 0 saturated heterocycles. The van der Waals surface area contributed by atoms with Gasteiger partial charge < -0.3 is 15.5 Å². The zero-order valence-electron chi connectivity index (χ0n) is 9.05. The molecule has 0 fully saturated rings. The van der Waals surface area contributed by atoms with Crippen molar-refractivity contribution in [1.29, 1.82) is 5.26 Å². The number of nitrogens with zero attached hydrogens (tertiary/aromatic N) is 1. The molecule has 17 heavy (non-hydrogen) atoms. The van der Waals surface area contributed by atoms with Gasteiger partial charge in [-0.25, -0.2) is 0 Å². The number of aliphatic hydroxyl groups excluding tert-OH is 2. The van der Waals surface area contributed by atoms with Crippen LogP contribution in [-0.2, 0) is 11.2 Å². The second-order valence-electron chi connectivity index (χ2n) is 4.02. The van der Waals surface area contributed by atoms with E-state index >= 15 is 0 Å². The third-order valence-electron chi connectivity index (χ3n) is 2.76. The standard InChI is InChI=1S/C12H12N2O3/c13-4-3-10(15)12(17)7-1-2-9-8(5-7)6-11(16)14-9/h1-2,5,10,12,15,17H,3,6H2,(H,14,16). The summed E-state index contributed by atoms with van der Waals surface area (Å²) in [5.74, 6) is -0.0794. The summed E-state index contributed by atoms with van der Waals surface area (Å²) in [7, 11) is 0. The number of anilines is 1. The second kappa shape index (κ2) is 4.53. The Morgan fingerprint density at radius 2 is 2.24 bits per heavy atom. The summed E-state index contributed by atoms with van der Waals surface area (Å²) in [5.41, 5.74) is 2.06. The van der Waals surface area contributed by atoms with Gasteiger partial charge in [-0.15, -0.1) is 0 Å². The molecule has 1 amide bonds. The van der Waals surface area contributed by atoms with Crippen LogP contribution >= 0.6 is 0 Å². The van der Waals surface area contributed by atoms with Crippen molar-refractivity contribution < 1.29 is 15.0 Å². The van der Waals surface area contributed by atoms with Gasteiger partial charge in [-0.2, -0.15) is 5.26 Å². The highest BCUT2D eigenvalue weighted by Crippen LogP contribution is 2.28. The van der Waals surface area contributed by atoms with Crippen LogP contribution in [-0.4, -0.2) is 22.2 Å². The van der Waals surface area contributed by atoms with Gasteiger partial charge in [-0.05, 0) is 17.2 Å². The van der Waals surface area contributed by atoms with E-state index < -0.39 is 12.2 Å². The highest BCUT2D eigenvalue weighted by Gasteiger charge is 2.22. The zero-order chi connectivity index (χ0) is 12.4. The summed E-state index contributed by atoms with van der Waals surface area (Å²) in [5, 5.41) is 30.5. The Hall–Kier alpha value is -1.90. The van der Waals surface area contributed by atoms with Gasteiger partial charge in [-0.1, -0.05) is 12.1 Å². The van der Waals surface area contributed by atoms with E-state index in [-0.39, 0.29) is 18.7 Å². The van der Waals surface area contributed by atoms with E-state index in [0.717, 1.165) is 11.3 Å². The number of rotatable bonds is 3. The number of aliphatic hydroxyl groups is 2. The molecule has 0 bridgehead atoms. The van der Waals surface area contributed by atoms with Gasteiger partial charge in [-0.3, -0.25) is 4.79 Å². The van der Waals surface area contributed by atoms with Crippen LogP contribution in [0.25, 0.3) is 0 Å². The molecule has 3 N–H and O–H groups in total. The Kier molecular flexibility index (Phi) is 3.09. The van der Waals surface area contributed by atoms with Gasteiger partial charge in [0.05, 0.1) is 25.0 Å². The van der Waals surface area contributed by atoms with Crippen LogP contribution in [0.4, 0.5) is 5.69 Å². The van der Waals surface area contributed by atoms with Gasteiger partial charge >= 0.3 is 0 Å². The number of nitriles is 1. The topological polar surface area (TPSA) is 93.3 Å². The monoisotopic (exact) mass is 232 g/mol. The van der Waals surface area contributed by atoms with Gasteiger partial charge in [0.2, 0.25) is 5.91 Å². The maximum atomic E-state index is 11.2. The molecule has 0 spiro atoms. The first-order valence-corrected chi connectivity index (χ1v) is 5.27. The maximum Gasteiger partial charge on any atom is 0.228 e.